The van der Waals surface area contributed by atoms with Crippen LogP contribution in [0.15, 0.2) is 95.6 Å². The maximum absolute atomic E-state index is 13.6. The third kappa shape index (κ3) is 4.28. The minimum atomic E-state index is -1.27. The third-order valence-electron chi connectivity index (χ3n) is 6.39. The second kappa shape index (κ2) is 9.10. The average Bonchev–Trinajstić information content (AvgIpc) is 3.46. The van der Waals surface area contributed by atoms with E-state index < -0.39 is 17.5 Å². The first-order chi connectivity index (χ1) is 17.0. The van der Waals surface area contributed by atoms with Crippen molar-refractivity contribution in [3.8, 4) is 0 Å². The van der Waals surface area contributed by atoms with Gasteiger partial charge in [0.05, 0.1) is 12.8 Å². The van der Waals surface area contributed by atoms with Crippen LogP contribution in [0.2, 0.25) is 0 Å². The Balaban J connectivity index is 1.40. The van der Waals surface area contributed by atoms with E-state index in [1.807, 2.05) is 72.8 Å². The van der Waals surface area contributed by atoms with E-state index in [9.17, 15) is 14.4 Å². The van der Waals surface area contributed by atoms with Crippen LogP contribution in [-0.4, -0.2) is 34.2 Å². The number of fused-ring (bicyclic) bond motifs is 1. The van der Waals surface area contributed by atoms with Gasteiger partial charge in [0.1, 0.15) is 17.8 Å². The molecule has 4 amide bonds. The lowest BCUT2D eigenvalue weighted by molar-refractivity contribution is -0.139. The van der Waals surface area contributed by atoms with Crippen LogP contribution in [0, 0.1) is 0 Å². The van der Waals surface area contributed by atoms with Crippen molar-refractivity contribution in [3.63, 3.8) is 0 Å². The molecule has 4 aromatic rings. The summed E-state index contributed by atoms with van der Waals surface area (Å²) in [5.41, 5.74) is 0.356. The largest absolute Gasteiger partial charge is 0.467 e. The molecule has 1 atom stereocenters. The molecule has 0 saturated carbocycles. The van der Waals surface area contributed by atoms with Crippen molar-refractivity contribution in [2.75, 3.05) is 6.54 Å². The average molecular weight is 468 g/mol. The number of carbonyl (C=O) groups excluding carboxylic acids is 3. The number of imide groups is 1. The number of carbonyl (C=O) groups is 3. The van der Waals surface area contributed by atoms with E-state index in [0.717, 1.165) is 21.2 Å². The summed E-state index contributed by atoms with van der Waals surface area (Å²) in [5.74, 6) is -0.187. The summed E-state index contributed by atoms with van der Waals surface area (Å²) < 4.78 is 5.44. The molecular formula is C28H25N3O4. The topological polar surface area (TPSA) is 82.9 Å². The van der Waals surface area contributed by atoms with Gasteiger partial charge in [0.25, 0.3) is 5.91 Å². The summed E-state index contributed by atoms with van der Waals surface area (Å²) in [4.78, 5) is 42.5. The lowest BCUT2D eigenvalue weighted by atomic mass is 9.88. The number of hydrogen-bond acceptors (Lipinski definition) is 4. The standard InChI is InChI=1S/C28H25N3O4/c1-28(24-15-7-12-21-11-5-6-14-23(21)24)26(33)31(27(34)29-28)19-25(32)30(18-22-13-8-16-35-22)17-20-9-3-2-4-10-20/h2-16H,17-19H2,1H3,(H,29,34)/t28-/m0/s1. The number of nitrogens with one attached hydrogen (secondary N) is 1. The Labute approximate surface area is 202 Å². The zero-order valence-electron chi connectivity index (χ0n) is 19.3. The van der Waals surface area contributed by atoms with E-state index in [0.29, 0.717) is 17.9 Å². The van der Waals surface area contributed by atoms with Gasteiger partial charge in [0.2, 0.25) is 5.91 Å². The smallest absolute Gasteiger partial charge is 0.325 e. The lowest BCUT2D eigenvalue weighted by Gasteiger charge is -2.26. The van der Waals surface area contributed by atoms with Gasteiger partial charge in [-0.3, -0.25) is 14.5 Å². The monoisotopic (exact) mass is 467 g/mol. The van der Waals surface area contributed by atoms with Gasteiger partial charge in [0.15, 0.2) is 0 Å². The van der Waals surface area contributed by atoms with Crippen LogP contribution in [0.25, 0.3) is 10.8 Å². The maximum Gasteiger partial charge on any atom is 0.325 e. The molecule has 35 heavy (non-hydrogen) atoms. The van der Waals surface area contributed by atoms with E-state index in [2.05, 4.69) is 5.32 Å². The minimum absolute atomic E-state index is 0.227. The van der Waals surface area contributed by atoms with Crippen molar-refractivity contribution in [2.24, 2.45) is 0 Å². The van der Waals surface area contributed by atoms with Crippen molar-refractivity contribution in [2.45, 2.75) is 25.6 Å². The molecule has 1 saturated heterocycles. The summed E-state index contributed by atoms with van der Waals surface area (Å²) in [7, 11) is 0. The van der Waals surface area contributed by atoms with Crippen LogP contribution in [0.1, 0.15) is 23.8 Å². The highest BCUT2D eigenvalue weighted by atomic mass is 16.3. The molecule has 7 heteroatoms. The normalized spacial score (nSPS) is 17.6. The van der Waals surface area contributed by atoms with Gasteiger partial charge in [0, 0.05) is 6.54 Å². The van der Waals surface area contributed by atoms with Gasteiger partial charge in [-0.2, -0.15) is 0 Å². The molecule has 176 valence electrons. The van der Waals surface area contributed by atoms with Crippen LogP contribution >= 0.6 is 0 Å². The molecule has 0 spiro atoms. The summed E-state index contributed by atoms with van der Waals surface area (Å²) in [5, 5.41) is 4.67. The fraction of sp³-hybridized carbons (Fsp3) is 0.179. The first-order valence-electron chi connectivity index (χ1n) is 11.4. The second-order valence-electron chi connectivity index (χ2n) is 8.79. The van der Waals surface area contributed by atoms with E-state index in [-0.39, 0.29) is 19.0 Å². The highest BCUT2D eigenvalue weighted by Crippen LogP contribution is 2.33. The Kier molecular flexibility index (Phi) is 5.82. The zero-order valence-corrected chi connectivity index (χ0v) is 19.3. The Morgan fingerprint density at radius 1 is 0.914 bits per heavy atom. The maximum atomic E-state index is 13.6. The van der Waals surface area contributed by atoms with E-state index in [1.165, 1.54) is 0 Å². The molecule has 7 nitrogen and oxygen atoms in total. The van der Waals surface area contributed by atoms with Crippen LogP contribution in [-0.2, 0) is 28.2 Å². The van der Waals surface area contributed by atoms with E-state index in [4.69, 9.17) is 4.42 Å². The van der Waals surface area contributed by atoms with Crippen LogP contribution in [0.3, 0.4) is 0 Å². The fourth-order valence-corrected chi connectivity index (χ4v) is 4.55. The first kappa shape index (κ1) is 22.4. The molecule has 1 aliphatic heterocycles. The minimum Gasteiger partial charge on any atom is -0.467 e. The highest BCUT2D eigenvalue weighted by molar-refractivity contribution is 6.10. The number of benzene rings is 3. The van der Waals surface area contributed by atoms with E-state index in [1.54, 1.807) is 30.2 Å². The van der Waals surface area contributed by atoms with Crippen LogP contribution < -0.4 is 5.32 Å². The molecule has 1 N–H and O–H groups in total. The highest BCUT2D eigenvalue weighted by Gasteiger charge is 2.50. The van der Waals surface area contributed by atoms with Crippen molar-refractivity contribution in [1.82, 2.24) is 15.1 Å². The number of amides is 4. The van der Waals surface area contributed by atoms with Gasteiger partial charge >= 0.3 is 6.03 Å². The van der Waals surface area contributed by atoms with E-state index >= 15 is 0 Å². The zero-order chi connectivity index (χ0) is 24.4. The number of furan rings is 1. The van der Waals surface area contributed by atoms with Gasteiger partial charge < -0.3 is 14.6 Å². The summed E-state index contributed by atoms with van der Waals surface area (Å²) in [6, 6.07) is 25.9. The summed E-state index contributed by atoms with van der Waals surface area (Å²) in [6.07, 6.45) is 1.55. The molecule has 5 rings (SSSR count). The van der Waals surface area contributed by atoms with Gasteiger partial charge in [-0.05, 0) is 41.0 Å². The number of nitrogens with zero attached hydrogens (tertiary/aromatic N) is 2. The molecule has 1 aromatic heterocycles. The van der Waals surface area contributed by atoms with Crippen LogP contribution in [0.4, 0.5) is 4.79 Å². The molecule has 1 fully saturated rings. The molecule has 3 aromatic carbocycles. The predicted octanol–water partition coefficient (Wildman–Crippen LogP) is 4.43. The van der Waals surface area contributed by atoms with Crippen LogP contribution in [0.5, 0.6) is 0 Å². The van der Waals surface area contributed by atoms with Crippen molar-refractivity contribution in [3.05, 3.63) is 108 Å². The summed E-state index contributed by atoms with van der Waals surface area (Å²) >= 11 is 0. The Bertz CT molecular complexity index is 1380. The first-order valence-corrected chi connectivity index (χ1v) is 11.4. The second-order valence-corrected chi connectivity index (χ2v) is 8.79. The Hall–Kier alpha value is -4.39. The fourth-order valence-electron chi connectivity index (χ4n) is 4.55. The predicted molar refractivity (Wildman–Crippen MR) is 131 cm³/mol. The summed E-state index contributed by atoms with van der Waals surface area (Å²) in [6.45, 7) is 1.87. The Morgan fingerprint density at radius 2 is 1.66 bits per heavy atom. The van der Waals surface area contributed by atoms with Gasteiger partial charge in [-0.15, -0.1) is 0 Å². The number of urea groups is 1. The molecular weight excluding hydrogens is 442 g/mol. The molecule has 2 heterocycles. The molecule has 0 bridgehead atoms. The van der Waals surface area contributed by atoms with Crippen molar-refractivity contribution < 1.29 is 18.8 Å². The van der Waals surface area contributed by atoms with Crippen molar-refractivity contribution in [1.29, 1.82) is 0 Å². The molecule has 0 aliphatic carbocycles. The molecule has 0 unspecified atom stereocenters. The van der Waals surface area contributed by atoms with Gasteiger partial charge in [-0.25, -0.2) is 4.79 Å². The number of hydrogen-bond donors (Lipinski definition) is 1. The third-order valence-corrected chi connectivity index (χ3v) is 6.39. The Morgan fingerprint density at radius 3 is 2.43 bits per heavy atom. The lowest BCUT2D eigenvalue weighted by Crippen LogP contribution is -2.44. The quantitative estimate of drug-likeness (QED) is 0.408. The molecule has 1 aliphatic rings. The number of rotatable bonds is 7. The van der Waals surface area contributed by atoms with Gasteiger partial charge in [-0.1, -0.05) is 72.8 Å². The SMILES string of the molecule is C[C@@]1(c2cccc3ccccc23)NC(=O)N(CC(=O)N(Cc2ccccc2)Cc2ccco2)C1=O. The molecule has 0 radical (unpaired) electrons. The van der Waals surface area contributed by atoms with Crippen molar-refractivity contribution >= 4 is 28.6 Å².